The molecule has 26 heavy (non-hydrogen) atoms. The fourth-order valence-electron chi connectivity index (χ4n) is 2.33. The molecule has 0 radical (unpaired) electrons. The molecule has 1 aromatic heterocycles. The largest absolute Gasteiger partial charge is 0.324 e. The first kappa shape index (κ1) is 17.0. The van der Waals surface area contributed by atoms with Crippen LogP contribution in [0.1, 0.15) is 0 Å². The van der Waals surface area contributed by atoms with Gasteiger partial charge in [-0.3, -0.25) is 19.7 Å². The Morgan fingerprint density at radius 3 is 2.38 bits per heavy atom. The van der Waals surface area contributed by atoms with Crippen LogP contribution in [0.2, 0.25) is 0 Å². The number of nitrogens with zero attached hydrogens (tertiary/aromatic N) is 3. The van der Waals surface area contributed by atoms with Crippen LogP contribution >= 0.6 is 0 Å². The molecule has 3 aromatic rings. The van der Waals surface area contributed by atoms with Gasteiger partial charge in [0, 0.05) is 29.4 Å². The highest BCUT2D eigenvalue weighted by molar-refractivity contribution is 5.90. The molecular weight excluding hydrogens is 336 g/mol. The van der Waals surface area contributed by atoms with Crippen molar-refractivity contribution < 1.29 is 9.72 Å². The molecule has 2 aromatic carbocycles. The quantitative estimate of drug-likeness (QED) is 0.562. The number of amides is 1. The molecule has 1 heterocycles. The number of anilines is 1. The normalized spacial score (nSPS) is 10.3. The molecule has 0 saturated heterocycles. The molecule has 0 fully saturated rings. The molecule has 0 bridgehead atoms. The predicted molar refractivity (Wildman–Crippen MR) is 95.7 cm³/mol. The van der Waals surface area contributed by atoms with Crippen molar-refractivity contribution in [2.45, 2.75) is 6.54 Å². The third-order valence-electron chi connectivity index (χ3n) is 3.59. The average Bonchev–Trinajstić information content (AvgIpc) is 2.64. The summed E-state index contributed by atoms with van der Waals surface area (Å²) in [5.41, 5.74) is 1.21. The van der Waals surface area contributed by atoms with Gasteiger partial charge in [-0.05, 0) is 30.3 Å². The van der Waals surface area contributed by atoms with Gasteiger partial charge in [0.2, 0.25) is 5.91 Å². The summed E-state index contributed by atoms with van der Waals surface area (Å²) in [6.07, 6.45) is 0. The van der Waals surface area contributed by atoms with Crippen molar-refractivity contribution in [2.75, 3.05) is 5.32 Å². The summed E-state index contributed by atoms with van der Waals surface area (Å²) in [6.45, 7) is -0.242. The van der Waals surface area contributed by atoms with Crippen molar-refractivity contribution in [3.05, 3.63) is 87.2 Å². The van der Waals surface area contributed by atoms with Gasteiger partial charge in [0.15, 0.2) is 0 Å². The summed E-state index contributed by atoms with van der Waals surface area (Å²) < 4.78 is 1.05. The summed E-state index contributed by atoms with van der Waals surface area (Å²) in [5.74, 6) is -0.383. The molecule has 0 spiro atoms. The lowest BCUT2D eigenvalue weighted by molar-refractivity contribution is -0.384. The number of nitro groups is 1. The topological polar surface area (TPSA) is 107 Å². The summed E-state index contributed by atoms with van der Waals surface area (Å²) in [6, 6.07) is 17.5. The molecule has 3 rings (SSSR count). The van der Waals surface area contributed by atoms with Gasteiger partial charge in [-0.2, -0.15) is 5.10 Å². The second kappa shape index (κ2) is 7.39. The van der Waals surface area contributed by atoms with Crippen LogP contribution in [-0.4, -0.2) is 20.6 Å². The van der Waals surface area contributed by atoms with E-state index in [4.69, 9.17) is 0 Å². The van der Waals surface area contributed by atoms with Crippen LogP contribution in [0, 0.1) is 10.1 Å². The Kier molecular flexibility index (Phi) is 4.84. The number of nitro benzene ring substituents is 1. The first-order chi connectivity index (χ1) is 12.5. The van der Waals surface area contributed by atoms with E-state index in [0.29, 0.717) is 16.9 Å². The number of aromatic nitrogens is 2. The highest BCUT2D eigenvalue weighted by atomic mass is 16.6. The Labute approximate surface area is 147 Å². The molecule has 0 aliphatic carbocycles. The monoisotopic (exact) mass is 350 g/mol. The second-order valence-corrected chi connectivity index (χ2v) is 5.43. The van der Waals surface area contributed by atoms with E-state index in [2.05, 4.69) is 10.4 Å². The summed E-state index contributed by atoms with van der Waals surface area (Å²) in [7, 11) is 0. The minimum atomic E-state index is -0.494. The van der Waals surface area contributed by atoms with Crippen molar-refractivity contribution in [1.82, 2.24) is 9.78 Å². The summed E-state index contributed by atoms with van der Waals surface area (Å²) in [4.78, 5) is 34.3. The Hall–Kier alpha value is -3.81. The van der Waals surface area contributed by atoms with Crippen LogP contribution in [0.15, 0.2) is 71.5 Å². The smallest absolute Gasteiger partial charge is 0.269 e. The van der Waals surface area contributed by atoms with Gasteiger partial charge in [-0.15, -0.1) is 0 Å². The lowest BCUT2D eigenvalue weighted by Crippen LogP contribution is -2.29. The van der Waals surface area contributed by atoms with Crippen molar-refractivity contribution >= 4 is 17.3 Å². The van der Waals surface area contributed by atoms with E-state index in [9.17, 15) is 19.7 Å². The van der Waals surface area contributed by atoms with Gasteiger partial charge in [0.25, 0.3) is 11.2 Å². The maximum absolute atomic E-state index is 12.1. The lowest BCUT2D eigenvalue weighted by atomic mass is 10.1. The fraction of sp³-hybridized carbons (Fsp3) is 0.0556. The highest BCUT2D eigenvalue weighted by Gasteiger charge is 2.10. The number of para-hydroxylation sites is 1. The number of nitrogens with one attached hydrogen (secondary N) is 1. The molecule has 0 unspecified atom stereocenters. The minimum Gasteiger partial charge on any atom is -0.324 e. The van der Waals surface area contributed by atoms with Crippen molar-refractivity contribution in [1.29, 1.82) is 0 Å². The lowest BCUT2D eigenvalue weighted by Gasteiger charge is -2.08. The fourth-order valence-corrected chi connectivity index (χ4v) is 2.33. The molecule has 1 amide bonds. The average molecular weight is 350 g/mol. The second-order valence-electron chi connectivity index (χ2n) is 5.43. The van der Waals surface area contributed by atoms with Gasteiger partial charge in [-0.1, -0.05) is 18.2 Å². The Balaban J connectivity index is 1.80. The van der Waals surface area contributed by atoms with Gasteiger partial charge in [0.1, 0.15) is 6.54 Å². The Morgan fingerprint density at radius 2 is 1.73 bits per heavy atom. The van der Waals surface area contributed by atoms with Gasteiger partial charge in [-0.25, -0.2) is 4.68 Å². The van der Waals surface area contributed by atoms with Crippen LogP contribution in [0.5, 0.6) is 0 Å². The van der Waals surface area contributed by atoms with E-state index in [0.717, 1.165) is 4.68 Å². The molecule has 1 N–H and O–H groups in total. The molecular formula is C18H14N4O4. The standard InChI is InChI=1S/C18H14N4O4/c23-17(19-14-4-2-1-3-5-14)12-21-18(24)11-10-16(20-21)13-6-8-15(9-7-13)22(25)26/h1-11H,12H2,(H,19,23). The van der Waals surface area contributed by atoms with E-state index >= 15 is 0 Å². The van der Waals surface area contributed by atoms with Gasteiger partial charge >= 0.3 is 0 Å². The van der Waals surface area contributed by atoms with Crippen molar-refractivity contribution in [2.24, 2.45) is 0 Å². The van der Waals surface area contributed by atoms with E-state index in [-0.39, 0.29) is 18.1 Å². The Bertz CT molecular complexity index is 998. The number of benzene rings is 2. The van der Waals surface area contributed by atoms with Crippen LogP contribution in [-0.2, 0) is 11.3 Å². The summed E-state index contributed by atoms with van der Waals surface area (Å²) in [5, 5.41) is 17.6. The van der Waals surface area contributed by atoms with Gasteiger partial charge < -0.3 is 5.32 Å². The van der Waals surface area contributed by atoms with E-state index in [1.807, 2.05) is 6.07 Å². The number of non-ortho nitro benzene ring substituents is 1. The molecule has 130 valence electrons. The van der Waals surface area contributed by atoms with Crippen LogP contribution in [0.25, 0.3) is 11.3 Å². The number of carbonyl (C=O) groups is 1. The predicted octanol–water partition coefficient (Wildman–Crippen LogP) is 2.46. The first-order valence-corrected chi connectivity index (χ1v) is 7.71. The number of carbonyl (C=O) groups excluding carboxylic acids is 1. The van der Waals surface area contributed by atoms with Crippen LogP contribution in [0.4, 0.5) is 11.4 Å². The van der Waals surface area contributed by atoms with Crippen LogP contribution in [0.3, 0.4) is 0 Å². The van der Waals surface area contributed by atoms with Crippen LogP contribution < -0.4 is 10.9 Å². The molecule has 0 atom stereocenters. The zero-order valence-electron chi connectivity index (χ0n) is 13.5. The molecule has 0 aliphatic heterocycles. The van der Waals surface area contributed by atoms with E-state index < -0.39 is 10.5 Å². The Morgan fingerprint density at radius 1 is 1.04 bits per heavy atom. The SMILES string of the molecule is O=C(Cn1nc(-c2ccc([N+](=O)[O-])cc2)ccc1=O)Nc1ccccc1. The third-order valence-corrected chi connectivity index (χ3v) is 3.59. The zero-order valence-corrected chi connectivity index (χ0v) is 13.5. The van der Waals surface area contributed by atoms with Crippen molar-refractivity contribution in [3.8, 4) is 11.3 Å². The third kappa shape index (κ3) is 3.99. The van der Waals surface area contributed by atoms with E-state index in [1.54, 1.807) is 36.4 Å². The highest BCUT2D eigenvalue weighted by Crippen LogP contribution is 2.19. The number of hydrogen-bond acceptors (Lipinski definition) is 5. The maximum Gasteiger partial charge on any atom is 0.269 e. The molecule has 0 aliphatic rings. The van der Waals surface area contributed by atoms with Gasteiger partial charge in [0.05, 0.1) is 10.6 Å². The summed E-state index contributed by atoms with van der Waals surface area (Å²) >= 11 is 0. The molecule has 8 heteroatoms. The first-order valence-electron chi connectivity index (χ1n) is 7.71. The zero-order chi connectivity index (χ0) is 18.5. The minimum absolute atomic E-state index is 0.0377. The molecule has 0 saturated carbocycles. The number of rotatable bonds is 5. The molecule has 8 nitrogen and oxygen atoms in total. The maximum atomic E-state index is 12.1. The number of hydrogen-bond donors (Lipinski definition) is 1. The van der Waals surface area contributed by atoms with Crippen molar-refractivity contribution in [3.63, 3.8) is 0 Å². The van der Waals surface area contributed by atoms with E-state index in [1.165, 1.54) is 24.3 Å².